The maximum atomic E-state index is 11.3. The molecular formula is C15H19NO2. The van der Waals surface area contributed by atoms with E-state index >= 15 is 0 Å². The number of methoxy groups -OCH3 is 1. The molecule has 1 aromatic carbocycles. The summed E-state index contributed by atoms with van der Waals surface area (Å²) >= 11 is 0. The summed E-state index contributed by atoms with van der Waals surface area (Å²) in [6, 6.07) is 8.10. The van der Waals surface area contributed by atoms with Gasteiger partial charge in [0.05, 0.1) is 13.5 Å². The monoisotopic (exact) mass is 245 g/mol. The summed E-state index contributed by atoms with van der Waals surface area (Å²) in [7, 11) is 1.40. The van der Waals surface area contributed by atoms with Gasteiger partial charge in [0.1, 0.15) is 0 Å². The van der Waals surface area contributed by atoms with Crippen molar-refractivity contribution in [3.8, 4) is 12.3 Å². The minimum atomic E-state index is -0.223. The van der Waals surface area contributed by atoms with Gasteiger partial charge in [0, 0.05) is 19.0 Å². The SMILES string of the molecule is C#CCC(C)NCc1ccccc1CC(=O)OC. The third-order valence-electron chi connectivity index (χ3n) is 2.75. The lowest BCUT2D eigenvalue weighted by molar-refractivity contribution is -0.139. The first-order valence-electron chi connectivity index (χ1n) is 5.97. The fourth-order valence-electron chi connectivity index (χ4n) is 1.66. The Morgan fingerprint density at radius 3 is 2.72 bits per heavy atom. The van der Waals surface area contributed by atoms with Crippen LogP contribution in [0.5, 0.6) is 0 Å². The number of hydrogen-bond acceptors (Lipinski definition) is 3. The zero-order valence-electron chi connectivity index (χ0n) is 10.9. The molecule has 0 aliphatic heterocycles. The van der Waals surface area contributed by atoms with Crippen LogP contribution in [0.25, 0.3) is 0 Å². The lowest BCUT2D eigenvalue weighted by Crippen LogP contribution is -2.25. The third kappa shape index (κ3) is 4.60. The fraction of sp³-hybridized carbons (Fsp3) is 0.400. The number of ether oxygens (including phenoxy) is 1. The molecule has 0 spiro atoms. The molecule has 0 amide bonds. The number of carbonyl (C=O) groups is 1. The first-order chi connectivity index (χ1) is 8.67. The summed E-state index contributed by atoms with van der Waals surface area (Å²) in [5.41, 5.74) is 2.09. The number of esters is 1. The minimum absolute atomic E-state index is 0.223. The molecule has 18 heavy (non-hydrogen) atoms. The van der Waals surface area contributed by atoms with Gasteiger partial charge in [0.15, 0.2) is 0 Å². The number of benzene rings is 1. The van der Waals surface area contributed by atoms with Gasteiger partial charge in [0.25, 0.3) is 0 Å². The van der Waals surface area contributed by atoms with Crippen LogP contribution in [0.4, 0.5) is 0 Å². The normalized spacial score (nSPS) is 11.6. The molecule has 0 radical (unpaired) electrons. The Kier molecular flexibility index (Phi) is 5.96. The topological polar surface area (TPSA) is 38.3 Å². The molecule has 0 fully saturated rings. The molecule has 0 heterocycles. The van der Waals surface area contributed by atoms with Crippen molar-refractivity contribution >= 4 is 5.97 Å². The van der Waals surface area contributed by atoms with Crippen molar-refractivity contribution in [3.05, 3.63) is 35.4 Å². The summed E-state index contributed by atoms with van der Waals surface area (Å²) in [6.07, 6.45) is 6.26. The molecular weight excluding hydrogens is 226 g/mol. The molecule has 0 aliphatic rings. The van der Waals surface area contributed by atoms with E-state index in [1.54, 1.807) is 0 Å². The number of rotatable bonds is 6. The standard InChI is InChI=1S/C15H19NO2/c1-4-7-12(2)16-11-14-9-6-5-8-13(14)10-15(17)18-3/h1,5-6,8-9,12,16H,7,10-11H2,2-3H3. The van der Waals surface area contributed by atoms with Crippen LogP contribution in [0.3, 0.4) is 0 Å². The van der Waals surface area contributed by atoms with Crippen LogP contribution in [0, 0.1) is 12.3 Å². The second-order valence-electron chi connectivity index (χ2n) is 4.21. The Hall–Kier alpha value is -1.79. The van der Waals surface area contributed by atoms with Crippen LogP contribution in [-0.2, 0) is 22.5 Å². The second-order valence-corrected chi connectivity index (χ2v) is 4.21. The predicted octanol–water partition coefficient (Wildman–Crippen LogP) is 1.90. The minimum Gasteiger partial charge on any atom is -0.469 e. The molecule has 1 atom stereocenters. The molecule has 1 aromatic rings. The highest BCUT2D eigenvalue weighted by Gasteiger charge is 2.08. The van der Waals surface area contributed by atoms with Crippen molar-refractivity contribution in [2.75, 3.05) is 7.11 Å². The maximum absolute atomic E-state index is 11.3. The molecule has 0 aliphatic carbocycles. The molecule has 0 saturated carbocycles. The van der Waals surface area contributed by atoms with Gasteiger partial charge in [-0.05, 0) is 18.1 Å². The van der Waals surface area contributed by atoms with E-state index in [0.29, 0.717) is 19.4 Å². The van der Waals surface area contributed by atoms with Crippen LogP contribution in [0.15, 0.2) is 24.3 Å². The van der Waals surface area contributed by atoms with Gasteiger partial charge in [-0.15, -0.1) is 12.3 Å². The van der Waals surface area contributed by atoms with Gasteiger partial charge in [-0.1, -0.05) is 24.3 Å². The highest BCUT2D eigenvalue weighted by molar-refractivity contribution is 5.72. The number of nitrogens with one attached hydrogen (secondary N) is 1. The lowest BCUT2D eigenvalue weighted by atomic mass is 10.0. The van der Waals surface area contributed by atoms with E-state index in [0.717, 1.165) is 11.1 Å². The van der Waals surface area contributed by atoms with E-state index < -0.39 is 0 Å². The van der Waals surface area contributed by atoms with E-state index in [2.05, 4.69) is 16.0 Å². The summed E-state index contributed by atoms with van der Waals surface area (Å²) < 4.78 is 4.69. The summed E-state index contributed by atoms with van der Waals surface area (Å²) in [6.45, 7) is 2.75. The van der Waals surface area contributed by atoms with Crippen molar-refractivity contribution in [1.29, 1.82) is 0 Å². The Morgan fingerprint density at radius 1 is 1.44 bits per heavy atom. The van der Waals surface area contributed by atoms with Gasteiger partial charge in [-0.25, -0.2) is 0 Å². The predicted molar refractivity (Wildman–Crippen MR) is 71.9 cm³/mol. The molecule has 96 valence electrons. The highest BCUT2D eigenvalue weighted by Crippen LogP contribution is 2.10. The summed E-state index contributed by atoms with van der Waals surface area (Å²) in [4.78, 5) is 11.3. The van der Waals surface area contributed by atoms with E-state index in [4.69, 9.17) is 6.42 Å². The first kappa shape index (κ1) is 14.3. The third-order valence-corrected chi connectivity index (χ3v) is 2.75. The molecule has 1 unspecified atom stereocenters. The van der Waals surface area contributed by atoms with Crippen molar-refractivity contribution in [2.24, 2.45) is 0 Å². The zero-order chi connectivity index (χ0) is 13.4. The van der Waals surface area contributed by atoms with E-state index in [9.17, 15) is 4.79 Å². The highest BCUT2D eigenvalue weighted by atomic mass is 16.5. The van der Waals surface area contributed by atoms with E-state index in [1.165, 1.54) is 7.11 Å². The average Bonchev–Trinajstić information content (AvgIpc) is 2.38. The fourth-order valence-corrected chi connectivity index (χ4v) is 1.66. The van der Waals surface area contributed by atoms with Crippen LogP contribution in [0.1, 0.15) is 24.5 Å². The van der Waals surface area contributed by atoms with Gasteiger partial charge in [0.2, 0.25) is 0 Å². The van der Waals surface area contributed by atoms with Crippen molar-refractivity contribution in [1.82, 2.24) is 5.32 Å². The molecule has 3 heteroatoms. The second kappa shape index (κ2) is 7.52. The van der Waals surface area contributed by atoms with Gasteiger partial charge in [-0.2, -0.15) is 0 Å². The van der Waals surface area contributed by atoms with E-state index in [-0.39, 0.29) is 12.0 Å². The lowest BCUT2D eigenvalue weighted by Gasteiger charge is -2.13. The van der Waals surface area contributed by atoms with Gasteiger partial charge in [-0.3, -0.25) is 4.79 Å². The smallest absolute Gasteiger partial charge is 0.309 e. The number of terminal acetylenes is 1. The quantitative estimate of drug-likeness (QED) is 0.614. The Balaban J connectivity index is 2.65. The average molecular weight is 245 g/mol. The van der Waals surface area contributed by atoms with Crippen LogP contribution < -0.4 is 5.32 Å². The molecule has 1 N–H and O–H groups in total. The Labute approximate surface area is 109 Å². The molecule has 0 saturated heterocycles. The van der Waals surface area contributed by atoms with Gasteiger partial charge < -0.3 is 10.1 Å². The number of carbonyl (C=O) groups excluding carboxylic acids is 1. The van der Waals surface area contributed by atoms with Gasteiger partial charge >= 0.3 is 5.97 Å². The maximum Gasteiger partial charge on any atom is 0.309 e. The van der Waals surface area contributed by atoms with Crippen LogP contribution in [0.2, 0.25) is 0 Å². The molecule has 0 bridgehead atoms. The molecule has 0 aromatic heterocycles. The Bertz CT molecular complexity index is 434. The molecule has 3 nitrogen and oxygen atoms in total. The van der Waals surface area contributed by atoms with Crippen molar-refractivity contribution in [2.45, 2.75) is 32.4 Å². The summed E-state index contributed by atoms with van der Waals surface area (Å²) in [5.74, 6) is 2.40. The Morgan fingerprint density at radius 2 is 2.11 bits per heavy atom. The van der Waals surface area contributed by atoms with Crippen molar-refractivity contribution < 1.29 is 9.53 Å². The number of hydrogen-bond donors (Lipinski definition) is 1. The largest absolute Gasteiger partial charge is 0.469 e. The van der Waals surface area contributed by atoms with Crippen LogP contribution in [-0.4, -0.2) is 19.1 Å². The van der Waals surface area contributed by atoms with E-state index in [1.807, 2.05) is 31.2 Å². The first-order valence-corrected chi connectivity index (χ1v) is 5.97. The van der Waals surface area contributed by atoms with Crippen molar-refractivity contribution in [3.63, 3.8) is 0 Å². The zero-order valence-corrected chi connectivity index (χ0v) is 10.9. The molecule has 1 rings (SSSR count). The van der Waals surface area contributed by atoms with Crippen LogP contribution >= 0.6 is 0 Å². The summed E-state index contributed by atoms with van der Waals surface area (Å²) in [5, 5.41) is 3.34.